The molecule has 2 bridgehead atoms. The zero-order valence-corrected chi connectivity index (χ0v) is 20.4. The first kappa shape index (κ1) is 22.6. The van der Waals surface area contributed by atoms with Crippen molar-refractivity contribution in [2.24, 2.45) is 0 Å². The van der Waals surface area contributed by atoms with Gasteiger partial charge < -0.3 is 9.47 Å². The standard InChI is InChI=1S/C31H29NO4/c1-35-30-14-13-20(15-22(30)18-33)21-16-23-7-6-8-24(17-21)32(23)31(34)36-19-29-27-11-4-2-9-25(27)26-10-3-5-12-28(26)29/h2-5,9-16,18,23-24,29H,6-8,17,19H2,1H3. The SMILES string of the molecule is COc1ccc(C2=CC3CCCC(C2)N3C(=O)OCC2c3ccccc3-c3ccccc32)cc1C=O. The van der Waals surface area contributed by atoms with E-state index in [9.17, 15) is 9.59 Å². The van der Waals surface area contributed by atoms with Crippen molar-refractivity contribution in [2.45, 2.75) is 43.7 Å². The van der Waals surface area contributed by atoms with E-state index in [1.165, 1.54) is 27.8 Å². The minimum absolute atomic E-state index is 0.00457. The number of nitrogens with zero attached hydrogens (tertiary/aromatic N) is 1. The van der Waals surface area contributed by atoms with E-state index < -0.39 is 0 Å². The van der Waals surface area contributed by atoms with Crippen molar-refractivity contribution in [3.05, 3.63) is 95.1 Å². The van der Waals surface area contributed by atoms with Crippen LogP contribution < -0.4 is 4.74 Å². The lowest BCUT2D eigenvalue weighted by atomic mass is 9.83. The van der Waals surface area contributed by atoms with E-state index in [-0.39, 0.29) is 24.1 Å². The molecule has 0 N–H and O–H groups in total. The molecule has 3 aliphatic rings. The van der Waals surface area contributed by atoms with Gasteiger partial charge in [0.15, 0.2) is 6.29 Å². The quantitative estimate of drug-likeness (QED) is 0.394. The van der Waals surface area contributed by atoms with Crippen molar-refractivity contribution in [3.63, 3.8) is 0 Å². The van der Waals surface area contributed by atoms with Crippen molar-refractivity contribution >= 4 is 18.0 Å². The van der Waals surface area contributed by atoms with Crippen LogP contribution in [-0.4, -0.2) is 43.1 Å². The molecular weight excluding hydrogens is 450 g/mol. The summed E-state index contributed by atoms with van der Waals surface area (Å²) in [7, 11) is 1.57. The lowest BCUT2D eigenvalue weighted by Gasteiger charge is -2.44. The Morgan fingerprint density at radius 3 is 2.39 bits per heavy atom. The zero-order chi connectivity index (χ0) is 24.6. The van der Waals surface area contributed by atoms with Gasteiger partial charge >= 0.3 is 6.09 Å². The van der Waals surface area contributed by atoms with Crippen LogP contribution in [0.4, 0.5) is 4.79 Å². The van der Waals surface area contributed by atoms with E-state index in [1.807, 2.05) is 23.1 Å². The molecule has 0 radical (unpaired) electrons. The number of hydrogen-bond donors (Lipinski definition) is 0. The number of methoxy groups -OCH3 is 1. The number of piperidine rings is 1. The maximum atomic E-state index is 13.4. The number of carbonyl (C=O) groups excluding carboxylic acids is 2. The number of carbonyl (C=O) groups is 2. The first-order valence-corrected chi connectivity index (χ1v) is 12.7. The molecule has 1 amide bonds. The Hall–Kier alpha value is -3.86. The normalized spacial score (nSPS) is 20.2. The third-order valence-electron chi connectivity index (χ3n) is 7.91. The molecule has 36 heavy (non-hydrogen) atoms. The highest BCUT2D eigenvalue weighted by Gasteiger charge is 2.39. The Morgan fingerprint density at radius 1 is 1.00 bits per heavy atom. The van der Waals surface area contributed by atoms with Gasteiger partial charge in [0, 0.05) is 12.0 Å². The lowest BCUT2D eigenvalue weighted by molar-refractivity contribution is 0.0539. The number of hydrogen-bond acceptors (Lipinski definition) is 4. The van der Waals surface area contributed by atoms with Crippen LogP contribution >= 0.6 is 0 Å². The molecule has 6 rings (SSSR count). The molecule has 182 valence electrons. The van der Waals surface area contributed by atoms with E-state index >= 15 is 0 Å². The summed E-state index contributed by atoms with van der Waals surface area (Å²) in [5.74, 6) is 0.628. The van der Waals surface area contributed by atoms with Gasteiger partial charge in [-0.05, 0) is 71.2 Å². The summed E-state index contributed by atoms with van der Waals surface area (Å²) >= 11 is 0. The largest absolute Gasteiger partial charge is 0.496 e. The monoisotopic (exact) mass is 479 g/mol. The van der Waals surface area contributed by atoms with Gasteiger partial charge in [-0.1, -0.05) is 60.7 Å². The second-order valence-corrected chi connectivity index (χ2v) is 9.83. The fourth-order valence-electron chi connectivity index (χ4n) is 6.22. The molecule has 5 nitrogen and oxygen atoms in total. The molecule has 2 atom stereocenters. The van der Waals surface area contributed by atoms with Gasteiger partial charge in [-0.3, -0.25) is 9.69 Å². The first-order valence-electron chi connectivity index (χ1n) is 12.7. The summed E-state index contributed by atoms with van der Waals surface area (Å²) in [5, 5.41) is 0. The molecule has 2 unspecified atom stereocenters. The smallest absolute Gasteiger partial charge is 0.410 e. The third kappa shape index (κ3) is 3.79. The van der Waals surface area contributed by atoms with Crippen LogP contribution in [0.2, 0.25) is 0 Å². The molecular formula is C31H29NO4. The van der Waals surface area contributed by atoms with Gasteiger partial charge in [0.2, 0.25) is 0 Å². The summed E-state index contributed by atoms with van der Waals surface area (Å²) in [6.07, 6.45) is 6.50. The van der Waals surface area contributed by atoms with Crippen LogP contribution in [0, 0.1) is 0 Å². The number of aldehydes is 1. The van der Waals surface area contributed by atoms with Gasteiger partial charge in [0.05, 0.1) is 18.7 Å². The van der Waals surface area contributed by atoms with Gasteiger partial charge in [-0.2, -0.15) is 0 Å². The molecule has 1 fully saturated rings. The molecule has 5 heteroatoms. The van der Waals surface area contributed by atoms with Crippen molar-refractivity contribution in [1.29, 1.82) is 0 Å². The number of rotatable bonds is 5. The van der Waals surface area contributed by atoms with Crippen molar-refractivity contribution < 1.29 is 19.1 Å². The van der Waals surface area contributed by atoms with E-state index in [0.29, 0.717) is 17.9 Å². The fourth-order valence-corrected chi connectivity index (χ4v) is 6.22. The predicted octanol–water partition coefficient (Wildman–Crippen LogP) is 6.47. The third-order valence-corrected chi connectivity index (χ3v) is 7.91. The van der Waals surface area contributed by atoms with E-state index in [0.717, 1.165) is 37.5 Å². The van der Waals surface area contributed by atoms with Crippen LogP contribution in [0.3, 0.4) is 0 Å². The van der Waals surface area contributed by atoms with Crippen molar-refractivity contribution in [3.8, 4) is 16.9 Å². The minimum Gasteiger partial charge on any atom is -0.496 e. The summed E-state index contributed by atoms with van der Waals surface area (Å²) in [6, 6.07) is 22.6. The molecule has 1 aliphatic carbocycles. The number of amides is 1. The predicted molar refractivity (Wildman–Crippen MR) is 139 cm³/mol. The van der Waals surface area contributed by atoms with Gasteiger partial charge in [0.25, 0.3) is 0 Å². The Balaban J connectivity index is 1.22. The second-order valence-electron chi connectivity index (χ2n) is 9.83. The highest BCUT2D eigenvalue weighted by Crippen LogP contribution is 2.45. The van der Waals surface area contributed by atoms with Crippen molar-refractivity contribution in [2.75, 3.05) is 13.7 Å². The van der Waals surface area contributed by atoms with E-state index in [2.05, 4.69) is 54.6 Å². The average molecular weight is 480 g/mol. The molecule has 0 saturated carbocycles. The molecule has 0 aromatic heterocycles. The Bertz CT molecular complexity index is 1310. The summed E-state index contributed by atoms with van der Waals surface area (Å²) < 4.78 is 11.3. The maximum Gasteiger partial charge on any atom is 0.410 e. The molecule has 3 aromatic rings. The van der Waals surface area contributed by atoms with Crippen LogP contribution in [0.25, 0.3) is 16.7 Å². The first-order chi connectivity index (χ1) is 17.7. The Labute approximate surface area is 211 Å². The highest BCUT2D eigenvalue weighted by molar-refractivity contribution is 5.83. The second kappa shape index (κ2) is 9.30. The molecule has 1 saturated heterocycles. The Morgan fingerprint density at radius 2 is 1.72 bits per heavy atom. The number of fused-ring (bicyclic) bond motifs is 5. The van der Waals surface area contributed by atoms with Gasteiger partial charge in [-0.15, -0.1) is 0 Å². The van der Waals surface area contributed by atoms with Crippen LogP contribution in [0.15, 0.2) is 72.8 Å². The summed E-state index contributed by atoms with van der Waals surface area (Å²) in [6.45, 7) is 0.334. The molecule has 2 aliphatic heterocycles. The topological polar surface area (TPSA) is 55.8 Å². The van der Waals surface area contributed by atoms with Gasteiger partial charge in [-0.25, -0.2) is 4.79 Å². The summed E-state index contributed by atoms with van der Waals surface area (Å²) in [5.41, 5.74) is 7.63. The number of benzene rings is 3. The average Bonchev–Trinajstić information content (AvgIpc) is 3.24. The molecule has 3 aromatic carbocycles. The Kier molecular flexibility index (Phi) is 5.84. The lowest BCUT2D eigenvalue weighted by Crippen LogP contribution is -2.51. The van der Waals surface area contributed by atoms with Crippen molar-refractivity contribution in [1.82, 2.24) is 4.90 Å². The number of ether oxygens (including phenoxy) is 2. The minimum atomic E-state index is -0.231. The van der Waals surface area contributed by atoms with E-state index in [4.69, 9.17) is 9.47 Å². The zero-order valence-electron chi connectivity index (χ0n) is 20.4. The fraction of sp³-hybridized carbons (Fsp3) is 0.290. The van der Waals surface area contributed by atoms with Crippen LogP contribution in [0.5, 0.6) is 5.75 Å². The van der Waals surface area contributed by atoms with Crippen LogP contribution in [-0.2, 0) is 4.74 Å². The maximum absolute atomic E-state index is 13.4. The summed E-state index contributed by atoms with van der Waals surface area (Å²) in [4.78, 5) is 26.9. The van der Waals surface area contributed by atoms with Gasteiger partial charge in [0.1, 0.15) is 12.4 Å². The highest BCUT2D eigenvalue weighted by atomic mass is 16.6. The van der Waals surface area contributed by atoms with Crippen LogP contribution in [0.1, 0.15) is 58.6 Å². The molecule has 0 spiro atoms. The molecule has 2 heterocycles. The van der Waals surface area contributed by atoms with E-state index in [1.54, 1.807) is 7.11 Å².